The van der Waals surface area contributed by atoms with Crippen LogP contribution in [-0.4, -0.2) is 52.3 Å². The Kier molecular flexibility index (Phi) is 7.18. The van der Waals surface area contributed by atoms with Gasteiger partial charge in [-0.25, -0.2) is 8.42 Å². The molecule has 0 spiro atoms. The molecule has 0 aliphatic carbocycles. The van der Waals surface area contributed by atoms with Gasteiger partial charge in [-0.1, -0.05) is 0 Å². The highest BCUT2D eigenvalue weighted by molar-refractivity contribution is 7.89. The molecule has 0 unspecified atom stereocenters. The van der Waals surface area contributed by atoms with E-state index in [0.29, 0.717) is 17.1 Å². The molecular formula is C19H23N3O6S. The second-order valence-corrected chi connectivity index (χ2v) is 8.10. The van der Waals surface area contributed by atoms with Gasteiger partial charge in [0.1, 0.15) is 16.4 Å². The molecule has 0 atom stereocenters. The third-order valence-corrected chi connectivity index (χ3v) is 5.74. The lowest BCUT2D eigenvalue weighted by Gasteiger charge is -2.19. The van der Waals surface area contributed by atoms with E-state index >= 15 is 0 Å². The van der Waals surface area contributed by atoms with E-state index in [9.17, 15) is 18.0 Å². The van der Waals surface area contributed by atoms with E-state index in [0.717, 1.165) is 4.31 Å². The van der Waals surface area contributed by atoms with Crippen molar-refractivity contribution >= 4 is 33.2 Å². The van der Waals surface area contributed by atoms with Gasteiger partial charge in [-0.15, -0.1) is 0 Å². The summed E-state index contributed by atoms with van der Waals surface area (Å²) in [7, 11) is 0.0799. The topological polar surface area (TPSA) is 114 Å². The van der Waals surface area contributed by atoms with Crippen LogP contribution in [0.4, 0.5) is 11.4 Å². The summed E-state index contributed by atoms with van der Waals surface area (Å²) in [5.74, 6) is -0.236. The molecule has 156 valence electrons. The van der Waals surface area contributed by atoms with E-state index in [-0.39, 0.29) is 16.6 Å². The SMILES string of the molecule is COc1ccc(OC)c(S(=O)(=O)N(C)CC(=O)Nc2ccc(NC(C)=O)cc2)c1. The van der Waals surface area contributed by atoms with Crippen molar-refractivity contribution in [3.63, 3.8) is 0 Å². The van der Waals surface area contributed by atoms with Crippen molar-refractivity contribution in [2.75, 3.05) is 38.4 Å². The lowest BCUT2D eigenvalue weighted by molar-refractivity contribution is -0.116. The molecule has 2 aromatic rings. The maximum absolute atomic E-state index is 12.9. The number of benzene rings is 2. The zero-order valence-corrected chi connectivity index (χ0v) is 17.4. The van der Waals surface area contributed by atoms with Crippen LogP contribution in [0.25, 0.3) is 0 Å². The molecule has 2 N–H and O–H groups in total. The van der Waals surface area contributed by atoms with Crippen LogP contribution in [0.2, 0.25) is 0 Å². The predicted octanol–water partition coefficient (Wildman–Crippen LogP) is 1.92. The van der Waals surface area contributed by atoms with Crippen LogP contribution in [0, 0.1) is 0 Å². The smallest absolute Gasteiger partial charge is 0.247 e. The van der Waals surface area contributed by atoms with Gasteiger partial charge in [0.2, 0.25) is 21.8 Å². The minimum Gasteiger partial charge on any atom is -0.497 e. The quantitative estimate of drug-likeness (QED) is 0.673. The van der Waals surface area contributed by atoms with E-state index in [1.54, 1.807) is 30.3 Å². The van der Waals surface area contributed by atoms with E-state index < -0.39 is 22.5 Å². The van der Waals surface area contributed by atoms with Crippen molar-refractivity contribution in [1.82, 2.24) is 4.31 Å². The van der Waals surface area contributed by atoms with Crippen LogP contribution in [0.1, 0.15) is 6.92 Å². The number of carbonyl (C=O) groups is 2. The number of amides is 2. The third kappa shape index (κ3) is 5.69. The summed E-state index contributed by atoms with van der Waals surface area (Å²) in [5, 5.41) is 5.23. The van der Waals surface area contributed by atoms with Crippen molar-refractivity contribution in [1.29, 1.82) is 0 Å². The van der Waals surface area contributed by atoms with Crippen molar-refractivity contribution in [2.24, 2.45) is 0 Å². The lowest BCUT2D eigenvalue weighted by atomic mass is 10.2. The van der Waals surface area contributed by atoms with Crippen LogP contribution < -0.4 is 20.1 Å². The van der Waals surface area contributed by atoms with E-state index in [1.807, 2.05) is 0 Å². The van der Waals surface area contributed by atoms with Gasteiger partial charge < -0.3 is 20.1 Å². The molecule has 0 aromatic heterocycles. The average molecular weight is 421 g/mol. The minimum absolute atomic E-state index is 0.102. The molecule has 0 heterocycles. The van der Waals surface area contributed by atoms with Crippen LogP contribution >= 0.6 is 0 Å². The predicted molar refractivity (Wildman–Crippen MR) is 109 cm³/mol. The summed E-state index contributed by atoms with van der Waals surface area (Å²) in [6.45, 7) is 0.986. The monoisotopic (exact) mass is 421 g/mol. The normalized spacial score (nSPS) is 11.1. The van der Waals surface area contributed by atoms with Crippen LogP contribution in [-0.2, 0) is 19.6 Å². The molecule has 0 saturated heterocycles. The summed E-state index contributed by atoms with van der Waals surface area (Å²) in [5.41, 5.74) is 1.05. The zero-order valence-electron chi connectivity index (χ0n) is 16.6. The number of sulfonamides is 1. The van der Waals surface area contributed by atoms with E-state index in [2.05, 4.69) is 10.6 Å². The summed E-state index contributed by atoms with van der Waals surface area (Å²) < 4.78 is 36.9. The number of methoxy groups -OCH3 is 2. The Morgan fingerprint density at radius 2 is 1.55 bits per heavy atom. The fourth-order valence-corrected chi connectivity index (χ4v) is 3.78. The number of nitrogens with one attached hydrogen (secondary N) is 2. The summed E-state index contributed by atoms with van der Waals surface area (Å²) in [6.07, 6.45) is 0. The Bertz CT molecular complexity index is 990. The molecule has 0 aliphatic rings. The van der Waals surface area contributed by atoms with E-state index in [4.69, 9.17) is 9.47 Å². The fourth-order valence-electron chi connectivity index (χ4n) is 2.48. The molecule has 29 heavy (non-hydrogen) atoms. The number of hydrogen-bond donors (Lipinski definition) is 2. The highest BCUT2D eigenvalue weighted by atomic mass is 32.2. The first-order chi connectivity index (χ1) is 13.7. The first kappa shape index (κ1) is 22.2. The molecule has 0 saturated carbocycles. The second kappa shape index (κ2) is 9.39. The van der Waals surface area contributed by atoms with Crippen molar-refractivity contribution < 1.29 is 27.5 Å². The van der Waals surface area contributed by atoms with Crippen molar-refractivity contribution in [2.45, 2.75) is 11.8 Å². The maximum atomic E-state index is 12.9. The molecule has 0 bridgehead atoms. The molecular weight excluding hydrogens is 398 g/mol. The Balaban J connectivity index is 2.11. The van der Waals surface area contributed by atoms with Gasteiger partial charge in [0.05, 0.1) is 20.8 Å². The average Bonchev–Trinajstić information content (AvgIpc) is 2.68. The Morgan fingerprint density at radius 1 is 0.966 bits per heavy atom. The largest absolute Gasteiger partial charge is 0.497 e. The molecule has 0 fully saturated rings. The number of likely N-dealkylation sites (N-methyl/N-ethyl adjacent to an activating group) is 1. The third-order valence-electron chi connectivity index (χ3n) is 3.91. The van der Waals surface area contributed by atoms with Gasteiger partial charge >= 0.3 is 0 Å². The number of anilines is 2. The van der Waals surface area contributed by atoms with Crippen molar-refractivity contribution in [3.8, 4) is 11.5 Å². The first-order valence-electron chi connectivity index (χ1n) is 8.53. The summed E-state index contributed by atoms with van der Waals surface area (Å²) in [4.78, 5) is 23.2. The van der Waals surface area contributed by atoms with E-state index in [1.165, 1.54) is 40.3 Å². The summed E-state index contributed by atoms with van der Waals surface area (Å²) >= 11 is 0. The Labute approximate surface area is 169 Å². The molecule has 2 rings (SSSR count). The van der Waals surface area contributed by atoms with Crippen LogP contribution in [0.5, 0.6) is 11.5 Å². The number of hydrogen-bond acceptors (Lipinski definition) is 6. The van der Waals surface area contributed by atoms with Crippen LogP contribution in [0.15, 0.2) is 47.4 Å². The first-order valence-corrected chi connectivity index (χ1v) is 9.97. The number of ether oxygens (including phenoxy) is 2. The number of carbonyl (C=O) groups excluding carboxylic acids is 2. The molecule has 10 heteroatoms. The highest BCUT2D eigenvalue weighted by Gasteiger charge is 2.27. The van der Waals surface area contributed by atoms with Gasteiger partial charge in [0, 0.05) is 31.4 Å². The second-order valence-electron chi connectivity index (χ2n) is 6.08. The number of rotatable bonds is 8. The van der Waals surface area contributed by atoms with Crippen LogP contribution in [0.3, 0.4) is 0 Å². The van der Waals surface area contributed by atoms with Gasteiger partial charge in [0.15, 0.2) is 0 Å². The Morgan fingerprint density at radius 3 is 2.07 bits per heavy atom. The number of nitrogens with zero attached hydrogens (tertiary/aromatic N) is 1. The maximum Gasteiger partial charge on any atom is 0.247 e. The Hall–Kier alpha value is -3.11. The standard InChI is InChI=1S/C19H23N3O6S/c1-13(23)20-14-5-7-15(8-6-14)21-19(24)12-22(2)29(25,26)18-11-16(27-3)9-10-17(18)28-4/h5-11H,12H2,1-4H3,(H,20,23)(H,21,24). The summed E-state index contributed by atoms with van der Waals surface area (Å²) in [6, 6.07) is 10.8. The molecule has 0 radical (unpaired) electrons. The zero-order chi connectivity index (χ0) is 21.6. The molecule has 0 aliphatic heterocycles. The van der Waals surface area contributed by atoms with Gasteiger partial charge in [-0.3, -0.25) is 9.59 Å². The minimum atomic E-state index is -4.00. The van der Waals surface area contributed by atoms with Crippen molar-refractivity contribution in [3.05, 3.63) is 42.5 Å². The van der Waals surface area contributed by atoms with Gasteiger partial charge in [-0.05, 0) is 36.4 Å². The fraction of sp³-hybridized carbons (Fsp3) is 0.263. The van der Waals surface area contributed by atoms with Gasteiger partial charge in [0.25, 0.3) is 0 Å². The van der Waals surface area contributed by atoms with Gasteiger partial charge in [-0.2, -0.15) is 4.31 Å². The highest BCUT2D eigenvalue weighted by Crippen LogP contribution is 2.30. The lowest BCUT2D eigenvalue weighted by Crippen LogP contribution is -2.35. The molecule has 2 aromatic carbocycles. The molecule has 9 nitrogen and oxygen atoms in total. The molecule has 2 amide bonds.